The molecule has 0 N–H and O–H groups in total. The largest absolute Gasteiger partial charge is 0.465 e. The van der Waals surface area contributed by atoms with E-state index >= 15 is 0 Å². The molecular weight excluding hydrogens is 496 g/mol. The summed E-state index contributed by atoms with van der Waals surface area (Å²) >= 11 is 0. The molecule has 3 aromatic rings. The molecule has 0 aliphatic rings. The monoisotopic (exact) mass is 546 g/mol. The Morgan fingerprint density at radius 3 is 1.35 bits per heavy atom. The van der Waals surface area contributed by atoms with Crippen LogP contribution >= 0.6 is 0 Å². The van der Waals surface area contributed by atoms with Crippen LogP contribution in [0.15, 0.2) is 48.5 Å². The third-order valence-corrected chi connectivity index (χ3v) is 8.40. The highest BCUT2D eigenvalue weighted by Crippen LogP contribution is 2.36. The van der Waals surface area contributed by atoms with Gasteiger partial charge in [0.2, 0.25) is 0 Å². The van der Waals surface area contributed by atoms with Crippen molar-refractivity contribution < 1.29 is 19.1 Å². The summed E-state index contributed by atoms with van der Waals surface area (Å²) in [6.07, 6.45) is 6.41. The number of esters is 2. The number of ether oxygens (including phenoxy) is 2. The molecule has 0 aromatic heterocycles. The molecule has 4 heteroatoms. The normalized spacial score (nSPS) is 14.8. The maximum absolute atomic E-state index is 11.7. The Hall–Kier alpha value is -2.88. The van der Waals surface area contributed by atoms with Crippen molar-refractivity contribution in [3.63, 3.8) is 0 Å². The summed E-state index contributed by atoms with van der Waals surface area (Å²) in [7, 11) is 0. The van der Waals surface area contributed by atoms with Crippen LogP contribution in [0.3, 0.4) is 0 Å². The van der Waals surface area contributed by atoms with Crippen LogP contribution in [-0.2, 0) is 29.9 Å². The quantitative estimate of drug-likeness (QED) is 0.149. The zero-order valence-corrected chi connectivity index (χ0v) is 26.1. The molecule has 4 nitrogen and oxygen atoms in total. The summed E-state index contributed by atoms with van der Waals surface area (Å²) in [5.41, 5.74) is 1.91. The number of hydrogen-bond donors (Lipinski definition) is 0. The van der Waals surface area contributed by atoms with Gasteiger partial charge in [-0.15, -0.1) is 0 Å². The molecule has 2 unspecified atom stereocenters. The summed E-state index contributed by atoms with van der Waals surface area (Å²) < 4.78 is 11.1. The Labute approximate surface area is 241 Å². The van der Waals surface area contributed by atoms with Crippen LogP contribution in [0.25, 0.3) is 21.5 Å². The molecule has 0 saturated carbocycles. The molecule has 0 aliphatic carbocycles. The molecule has 0 amide bonds. The van der Waals surface area contributed by atoms with E-state index in [-0.39, 0.29) is 22.8 Å². The molecule has 0 fully saturated rings. The number of carbonyl (C=O) groups is 2. The molecule has 3 aromatic carbocycles. The average molecular weight is 547 g/mol. The van der Waals surface area contributed by atoms with Crippen molar-refractivity contribution in [2.24, 2.45) is 11.8 Å². The van der Waals surface area contributed by atoms with Gasteiger partial charge >= 0.3 is 11.9 Å². The highest BCUT2D eigenvalue weighted by Gasteiger charge is 2.30. The van der Waals surface area contributed by atoms with Crippen LogP contribution in [0.4, 0.5) is 0 Å². The second-order valence-corrected chi connectivity index (χ2v) is 13.2. The standard InChI is InChI=1S/C36H50O4/c1-25(2)11-9-17-35(7,23-39-27(5)37)33-15-13-29-19-30-14-16-34(22-32(30)20-31(29)21-33)36(8,24-40-28(6)38)18-10-12-26(3)4/h13-16,19-22,25-26H,9-12,17-18,23-24H2,1-8H3. The minimum atomic E-state index is -0.245. The smallest absolute Gasteiger partial charge is 0.302 e. The van der Waals surface area contributed by atoms with Gasteiger partial charge in [-0.25, -0.2) is 0 Å². The van der Waals surface area contributed by atoms with Crippen molar-refractivity contribution in [2.75, 3.05) is 13.2 Å². The minimum Gasteiger partial charge on any atom is -0.465 e. The highest BCUT2D eigenvalue weighted by atomic mass is 16.5. The van der Waals surface area contributed by atoms with Crippen molar-refractivity contribution in [3.05, 3.63) is 59.7 Å². The molecule has 0 radical (unpaired) electrons. The van der Waals surface area contributed by atoms with E-state index in [9.17, 15) is 9.59 Å². The Morgan fingerprint density at radius 1 is 0.625 bits per heavy atom. The number of benzene rings is 3. The third kappa shape index (κ3) is 8.56. The SMILES string of the molecule is CC(=O)OCC(C)(CCCC(C)C)c1ccc2cc3ccc(C(C)(CCCC(C)C)COC(C)=O)cc3cc2c1. The fourth-order valence-corrected chi connectivity index (χ4v) is 5.67. The lowest BCUT2D eigenvalue weighted by Crippen LogP contribution is -2.29. The second-order valence-electron chi connectivity index (χ2n) is 13.2. The van der Waals surface area contributed by atoms with Gasteiger partial charge in [-0.3, -0.25) is 9.59 Å². The number of hydrogen-bond acceptors (Lipinski definition) is 4. The van der Waals surface area contributed by atoms with Gasteiger partial charge in [0.15, 0.2) is 0 Å². The molecule has 0 aliphatic heterocycles. The van der Waals surface area contributed by atoms with Gasteiger partial charge in [0.1, 0.15) is 13.2 Å². The minimum absolute atomic E-state index is 0.236. The molecule has 218 valence electrons. The average Bonchev–Trinajstić information content (AvgIpc) is 2.88. The summed E-state index contributed by atoms with van der Waals surface area (Å²) in [4.78, 5) is 23.4. The van der Waals surface area contributed by atoms with Crippen LogP contribution in [0.5, 0.6) is 0 Å². The molecular formula is C36H50O4. The van der Waals surface area contributed by atoms with Crippen LogP contribution in [0, 0.1) is 11.8 Å². The predicted octanol–water partition coefficient (Wildman–Crippen LogP) is 9.29. The van der Waals surface area contributed by atoms with Gasteiger partial charge in [-0.05, 0) is 69.5 Å². The number of fused-ring (bicyclic) bond motifs is 2. The van der Waals surface area contributed by atoms with Gasteiger partial charge < -0.3 is 9.47 Å². The molecule has 0 bridgehead atoms. The van der Waals surface area contributed by atoms with Crippen LogP contribution < -0.4 is 0 Å². The highest BCUT2D eigenvalue weighted by molar-refractivity contribution is 5.98. The van der Waals surface area contributed by atoms with E-state index in [1.807, 2.05) is 0 Å². The van der Waals surface area contributed by atoms with E-state index in [1.54, 1.807) is 0 Å². The van der Waals surface area contributed by atoms with Gasteiger partial charge in [-0.2, -0.15) is 0 Å². The van der Waals surface area contributed by atoms with E-state index in [0.29, 0.717) is 25.0 Å². The molecule has 40 heavy (non-hydrogen) atoms. The molecule has 0 saturated heterocycles. The van der Waals surface area contributed by atoms with Gasteiger partial charge in [0.05, 0.1) is 0 Å². The van der Waals surface area contributed by atoms with E-state index in [0.717, 1.165) is 38.5 Å². The molecule has 0 spiro atoms. The first-order chi connectivity index (χ1) is 18.8. The summed E-state index contributed by atoms with van der Waals surface area (Å²) in [6.45, 7) is 17.2. The van der Waals surface area contributed by atoms with E-state index in [1.165, 1.54) is 46.5 Å². The zero-order valence-electron chi connectivity index (χ0n) is 26.1. The molecule has 2 atom stereocenters. The van der Waals surface area contributed by atoms with Crippen molar-refractivity contribution in [1.82, 2.24) is 0 Å². The van der Waals surface area contributed by atoms with Gasteiger partial charge in [0, 0.05) is 24.7 Å². The lowest BCUT2D eigenvalue weighted by Gasteiger charge is -2.31. The maximum Gasteiger partial charge on any atom is 0.302 e. The lowest BCUT2D eigenvalue weighted by atomic mass is 9.77. The number of rotatable bonds is 14. The maximum atomic E-state index is 11.7. The summed E-state index contributed by atoms with van der Waals surface area (Å²) in [5.74, 6) is 0.818. The Kier molecular flexibility index (Phi) is 10.8. The Balaban J connectivity index is 2.01. The van der Waals surface area contributed by atoms with Crippen LogP contribution in [-0.4, -0.2) is 25.2 Å². The Morgan fingerprint density at radius 2 is 1.00 bits per heavy atom. The first-order valence-corrected chi connectivity index (χ1v) is 15.1. The van der Waals surface area contributed by atoms with E-state index in [4.69, 9.17) is 9.47 Å². The Bertz CT molecular complexity index is 1210. The first-order valence-electron chi connectivity index (χ1n) is 15.1. The van der Waals surface area contributed by atoms with Crippen LogP contribution in [0.2, 0.25) is 0 Å². The third-order valence-electron chi connectivity index (χ3n) is 8.40. The number of carbonyl (C=O) groups excluding carboxylic acids is 2. The summed E-state index contributed by atoms with van der Waals surface area (Å²) in [5, 5.41) is 4.75. The van der Waals surface area contributed by atoms with Gasteiger partial charge in [0.25, 0.3) is 0 Å². The summed E-state index contributed by atoms with van der Waals surface area (Å²) in [6, 6.07) is 17.9. The molecule has 0 heterocycles. The van der Waals surface area contributed by atoms with Crippen LogP contribution in [0.1, 0.15) is 105 Å². The van der Waals surface area contributed by atoms with Crippen molar-refractivity contribution in [3.8, 4) is 0 Å². The van der Waals surface area contributed by atoms with E-state index in [2.05, 4.69) is 90.1 Å². The fraction of sp³-hybridized carbons (Fsp3) is 0.556. The van der Waals surface area contributed by atoms with E-state index < -0.39 is 0 Å². The lowest BCUT2D eigenvalue weighted by molar-refractivity contribution is -0.143. The van der Waals surface area contributed by atoms with Crippen molar-refractivity contribution in [1.29, 1.82) is 0 Å². The first kappa shape index (κ1) is 31.6. The van der Waals surface area contributed by atoms with Gasteiger partial charge in [-0.1, -0.05) is 104 Å². The van der Waals surface area contributed by atoms with Crippen molar-refractivity contribution >= 4 is 33.5 Å². The fourth-order valence-electron chi connectivity index (χ4n) is 5.67. The predicted molar refractivity (Wildman–Crippen MR) is 167 cm³/mol. The zero-order chi connectivity index (χ0) is 29.5. The van der Waals surface area contributed by atoms with Crippen molar-refractivity contribution in [2.45, 2.75) is 105 Å². The second kappa shape index (κ2) is 13.7. The molecule has 3 rings (SSSR count). The topological polar surface area (TPSA) is 52.6 Å².